The maximum atomic E-state index is 13.0. The summed E-state index contributed by atoms with van der Waals surface area (Å²) in [5.41, 5.74) is 0.381. The van der Waals surface area contributed by atoms with E-state index in [0.717, 1.165) is 5.56 Å². The summed E-state index contributed by atoms with van der Waals surface area (Å²) in [6, 6.07) is 9.90. The monoisotopic (exact) mass is 349 g/mol. The van der Waals surface area contributed by atoms with Gasteiger partial charge in [0.15, 0.2) is 9.84 Å². The van der Waals surface area contributed by atoms with Gasteiger partial charge in [0.25, 0.3) is 0 Å². The Balaban J connectivity index is 2.33. The van der Waals surface area contributed by atoms with E-state index in [-0.39, 0.29) is 17.3 Å². The molecule has 1 aromatic carbocycles. The van der Waals surface area contributed by atoms with Gasteiger partial charge in [-0.25, -0.2) is 8.42 Å². The first-order chi connectivity index (χ1) is 11.1. The lowest BCUT2D eigenvalue weighted by molar-refractivity contribution is -0.128. The van der Waals surface area contributed by atoms with Gasteiger partial charge in [-0.15, -0.1) is 0 Å². The number of aryl methyl sites for hydroxylation is 1. The molecule has 0 radical (unpaired) electrons. The number of furan rings is 1. The number of carbonyl (C=O) groups is 1. The zero-order chi connectivity index (χ0) is 18.0. The maximum Gasteiger partial charge on any atom is 0.225 e. The highest BCUT2D eigenvalue weighted by Crippen LogP contribution is 2.29. The molecule has 1 N–H and O–H groups in total. The van der Waals surface area contributed by atoms with E-state index < -0.39 is 20.5 Å². The van der Waals surface area contributed by atoms with Gasteiger partial charge in [-0.3, -0.25) is 4.79 Å². The Bertz CT molecular complexity index is 785. The smallest absolute Gasteiger partial charge is 0.225 e. The average Bonchev–Trinajstić information content (AvgIpc) is 3.00. The molecule has 130 valence electrons. The van der Waals surface area contributed by atoms with Crippen molar-refractivity contribution in [2.24, 2.45) is 5.41 Å². The zero-order valence-electron chi connectivity index (χ0n) is 14.4. The van der Waals surface area contributed by atoms with Crippen LogP contribution in [0.4, 0.5) is 0 Å². The SMILES string of the molecule is Cc1ccc(S(=O)(=O)[C@@H](CNC(=O)C(C)(C)C)c2ccco2)cc1. The molecule has 0 unspecified atom stereocenters. The van der Waals surface area contributed by atoms with Gasteiger partial charge in [0.05, 0.1) is 11.2 Å². The van der Waals surface area contributed by atoms with Crippen molar-refractivity contribution in [3.63, 3.8) is 0 Å². The summed E-state index contributed by atoms with van der Waals surface area (Å²) in [6.07, 6.45) is 1.43. The Labute approximate surface area is 143 Å². The Hall–Kier alpha value is -2.08. The number of hydrogen-bond acceptors (Lipinski definition) is 4. The van der Waals surface area contributed by atoms with Crippen molar-refractivity contribution < 1.29 is 17.6 Å². The maximum absolute atomic E-state index is 13.0. The first kappa shape index (κ1) is 18.3. The Kier molecular flexibility index (Phi) is 5.18. The lowest BCUT2D eigenvalue weighted by atomic mass is 9.96. The molecule has 5 nitrogen and oxygen atoms in total. The fourth-order valence-corrected chi connectivity index (χ4v) is 3.77. The molecule has 0 bridgehead atoms. The topological polar surface area (TPSA) is 76.4 Å². The molecule has 0 aliphatic carbocycles. The van der Waals surface area contributed by atoms with Crippen molar-refractivity contribution in [1.82, 2.24) is 5.32 Å². The molecule has 1 heterocycles. The first-order valence-electron chi connectivity index (χ1n) is 7.74. The van der Waals surface area contributed by atoms with E-state index in [9.17, 15) is 13.2 Å². The Morgan fingerprint density at radius 2 is 1.79 bits per heavy atom. The van der Waals surface area contributed by atoms with Gasteiger partial charge in [0, 0.05) is 12.0 Å². The third-order valence-electron chi connectivity index (χ3n) is 3.71. The minimum Gasteiger partial charge on any atom is -0.468 e. The summed E-state index contributed by atoms with van der Waals surface area (Å²) in [6.45, 7) is 7.18. The van der Waals surface area contributed by atoms with Crippen LogP contribution in [0.1, 0.15) is 37.3 Å². The number of hydrogen-bond donors (Lipinski definition) is 1. The van der Waals surface area contributed by atoms with Crippen molar-refractivity contribution >= 4 is 15.7 Å². The number of amides is 1. The molecular weight excluding hydrogens is 326 g/mol. The molecule has 0 saturated heterocycles. The van der Waals surface area contributed by atoms with Crippen LogP contribution in [0.15, 0.2) is 52.0 Å². The van der Waals surface area contributed by atoms with Gasteiger partial charge in [-0.2, -0.15) is 0 Å². The summed E-state index contributed by atoms with van der Waals surface area (Å²) >= 11 is 0. The van der Waals surface area contributed by atoms with Crippen LogP contribution in [0.5, 0.6) is 0 Å². The first-order valence-corrected chi connectivity index (χ1v) is 9.29. The lowest BCUT2D eigenvalue weighted by Crippen LogP contribution is -2.38. The van der Waals surface area contributed by atoms with Gasteiger partial charge in [-0.1, -0.05) is 38.5 Å². The van der Waals surface area contributed by atoms with E-state index in [1.807, 2.05) is 6.92 Å². The molecule has 0 aliphatic heterocycles. The van der Waals surface area contributed by atoms with E-state index in [2.05, 4.69) is 5.32 Å². The summed E-state index contributed by atoms with van der Waals surface area (Å²) < 4.78 is 31.3. The van der Waals surface area contributed by atoms with Crippen LogP contribution in [-0.4, -0.2) is 20.9 Å². The summed E-state index contributed by atoms with van der Waals surface area (Å²) in [5, 5.41) is 1.75. The number of sulfone groups is 1. The standard InChI is InChI=1S/C18H23NO4S/c1-13-7-9-14(10-8-13)24(21,22)16(15-6-5-11-23-15)12-19-17(20)18(2,3)4/h5-11,16H,12H2,1-4H3,(H,19,20)/t16-/m0/s1. The third-order valence-corrected chi connectivity index (χ3v) is 5.79. The lowest BCUT2D eigenvalue weighted by Gasteiger charge is -2.21. The fraction of sp³-hybridized carbons (Fsp3) is 0.389. The Morgan fingerprint density at radius 1 is 1.17 bits per heavy atom. The van der Waals surface area contributed by atoms with Crippen molar-refractivity contribution in [3.8, 4) is 0 Å². The summed E-state index contributed by atoms with van der Waals surface area (Å²) in [7, 11) is -3.69. The van der Waals surface area contributed by atoms with Crippen LogP contribution in [0.25, 0.3) is 0 Å². The molecule has 1 amide bonds. The van der Waals surface area contributed by atoms with Crippen LogP contribution in [0, 0.1) is 12.3 Å². The number of rotatable bonds is 5. The second-order valence-electron chi connectivity index (χ2n) is 6.82. The van der Waals surface area contributed by atoms with E-state index in [1.54, 1.807) is 57.2 Å². The van der Waals surface area contributed by atoms with Crippen LogP contribution < -0.4 is 5.32 Å². The van der Waals surface area contributed by atoms with Crippen molar-refractivity contribution in [3.05, 3.63) is 54.0 Å². The third kappa shape index (κ3) is 4.06. The van der Waals surface area contributed by atoms with Crippen molar-refractivity contribution in [2.45, 2.75) is 37.8 Å². The second kappa shape index (κ2) is 6.81. The molecule has 24 heavy (non-hydrogen) atoms. The predicted octanol–water partition coefficient (Wildman–Crippen LogP) is 3.27. The molecule has 0 fully saturated rings. The van der Waals surface area contributed by atoms with E-state index in [4.69, 9.17) is 4.42 Å². The normalized spacial score (nSPS) is 13.5. The number of carbonyl (C=O) groups excluding carboxylic acids is 1. The van der Waals surface area contributed by atoms with Crippen LogP contribution in [0.3, 0.4) is 0 Å². The highest BCUT2D eigenvalue weighted by atomic mass is 32.2. The summed E-state index contributed by atoms with van der Waals surface area (Å²) in [4.78, 5) is 12.3. The second-order valence-corrected chi connectivity index (χ2v) is 8.95. The van der Waals surface area contributed by atoms with Crippen LogP contribution in [-0.2, 0) is 14.6 Å². The molecule has 1 aromatic heterocycles. The summed E-state index contributed by atoms with van der Waals surface area (Å²) in [5.74, 6) is 0.1000. The van der Waals surface area contributed by atoms with Crippen molar-refractivity contribution in [1.29, 1.82) is 0 Å². The molecule has 0 spiro atoms. The largest absolute Gasteiger partial charge is 0.468 e. The van der Waals surface area contributed by atoms with Gasteiger partial charge in [0.1, 0.15) is 11.0 Å². The van der Waals surface area contributed by atoms with Gasteiger partial charge >= 0.3 is 0 Å². The highest BCUT2D eigenvalue weighted by molar-refractivity contribution is 7.91. The van der Waals surface area contributed by atoms with E-state index >= 15 is 0 Å². The molecule has 2 aromatic rings. The van der Waals surface area contributed by atoms with Gasteiger partial charge in [0.2, 0.25) is 5.91 Å². The molecule has 0 aliphatic rings. The molecule has 1 atom stereocenters. The minimum absolute atomic E-state index is 0.0418. The molecule has 6 heteroatoms. The molecular formula is C18H23NO4S. The zero-order valence-corrected chi connectivity index (χ0v) is 15.2. The number of nitrogens with one attached hydrogen (secondary N) is 1. The minimum atomic E-state index is -3.69. The average molecular weight is 349 g/mol. The van der Waals surface area contributed by atoms with E-state index in [0.29, 0.717) is 5.76 Å². The van der Waals surface area contributed by atoms with Crippen molar-refractivity contribution in [2.75, 3.05) is 6.54 Å². The number of benzene rings is 1. The Morgan fingerprint density at radius 3 is 2.29 bits per heavy atom. The van der Waals surface area contributed by atoms with Crippen LogP contribution in [0.2, 0.25) is 0 Å². The molecule has 2 rings (SSSR count). The van der Waals surface area contributed by atoms with Gasteiger partial charge in [-0.05, 0) is 31.2 Å². The quantitative estimate of drug-likeness (QED) is 0.899. The molecule has 0 saturated carbocycles. The predicted molar refractivity (Wildman–Crippen MR) is 92.3 cm³/mol. The van der Waals surface area contributed by atoms with E-state index in [1.165, 1.54) is 6.26 Å². The fourth-order valence-electron chi connectivity index (χ4n) is 2.18. The van der Waals surface area contributed by atoms with Crippen LogP contribution >= 0.6 is 0 Å². The van der Waals surface area contributed by atoms with Gasteiger partial charge < -0.3 is 9.73 Å². The highest BCUT2D eigenvalue weighted by Gasteiger charge is 2.33.